The summed E-state index contributed by atoms with van der Waals surface area (Å²) in [5.74, 6) is 0. The number of thiazole rings is 1. The minimum atomic E-state index is -0.0576. The molecule has 1 fully saturated rings. The standard InChI is InChI=1S/C15H24N2OS/c1-3-15(10-18-2,17-11-8-9-11)14-16-12-6-4-5-7-13(12)19-14/h11,17H,3-10H2,1-2H3. The Morgan fingerprint density at radius 3 is 2.79 bits per heavy atom. The third-order valence-corrected chi connectivity index (χ3v) is 5.67. The molecule has 3 nitrogen and oxygen atoms in total. The number of aryl methyl sites for hydroxylation is 2. The molecule has 1 saturated carbocycles. The summed E-state index contributed by atoms with van der Waals surface area (Å²) < 4.78 is 5.52. The van der Waals surface area contributed by atoms with Crippen LogP contribution in [0.3, 0.4) is 0 Å². The number of rotatable bonds is 6. The van der Waals surface area contributed by atoms with E-state index in [-0.39, 0.29) is 5.54 Å². The van der Waals surface area contributed by atoms with E-state index in [0.29, 0.717) is 6.04 Å². The van der Waals surface area contributed by atoms with Gasteiger partial charge < -0.3 is 10.1 Å². The smallest absolute Gasteiger partial charge is 0.116 e. The molecule has 1 aromatic heterocycles. The highest BCUT2D eigenvalue weighted by Crippen LogP contribution is 2.37. The molecule has 0 aliphatic heterocycles. The van der Waals surface area contributed by atoms with Crippen LogP contribution in [-0.2, 0) is 23.1 Å². The summed E-state index contributed by atoms with van der Waals surface area (Å²) in [6.45, 7) is 2.97. The molecule has 0 spiro atoms. The monoisotopic (exact) mass is 280 g/mol. The van der Waals surface area contributed by atoms with Gasteiger partial charge in [0.2, 0.25) is 0 Å². The van der Waals surface area contributed by atoms with Gasteiger partial charge in [0.1, 0.15) is 5.01 Å². The van der Waals surface area contributed by atoms with E-state index in [1.54, 1.807) is 7.11 Å². The first-order chi connectivity index (χ1) is 9.27. The molecule has 0 bridgehead atoms. The van der Waals surface area contributed by atoms with Gasteiger partial charge in [-0.05, 0) is 44.9 Å². The summed E-state index contributed by atoms with van der Waals surface area (Å²) in [4.78, 5) is 6.49. The largest absolute Gasteiger partial charge is 0.382 e. The molecule has 4 heteroatoms. The Hall–Kier alpha value is -0.450. The normalized spacial score (nSPS) is 22.0. The van der Waals surface area contributed by atoms with Gasteiger partial charge in [-0.3, -0.25) is 0 Å². The average Bonchev–Trinajstić information content (AvgIpc) is 3.13. The topological polar surface area (TPSA) is 34.1 Å². The van der Waals surface area contributed by atoms with Crippen molar-refractivity contribution in [3.8, 4) is 0 Å². The predicted molar refractivity (Wildman–Crippen MR) is 78.8 cm³/mol. The summed E-state index contributed by atoms with van der Waals surface area (Å²) >= 11 is 1.92. The van der Waals surface area contributed by atoms with Gasteiger partial charge in [0.25, 0.3) is 0 Å². The summed E-state index contributed by atoms with van der Waals surface area (Å²) in [5, 5.41) is 5.06. The fraction of sp³-hybridized carbons (Fsp3) is 0.800. The number of aromatic nitrogens is 1. The van der Waals surface area contributed by atoms with Gasteiger partial charge in [-0.15, -0.1) is 11.3 Å². The predicted octanol–water partition coefficient (Wildman–Crippen LogP) is 3.03. The Kier molecular flexibility index (Phi) is 3.92. The van der Waals surface area contributed by atoms with Gasteiger partial charge in [-0.25, -0.2) is 4.98 Å². The number of hydrogen-bond donors (Lipinski definition) is 1. The summed E-state index contributed by atoms with van der Waals surface area (Å²) in [5.41, 5.74) is 1.30. The van der Waals surface area contributed by atoms with E-state index < -0.39 is 0 Å². The van der Waals surface area contributed by atoms with Gasteiger partial charge in [0.05, 0.1) is 17.8 Å². The Bertz CT molecular complexity index is 418. The third-order valence-electron chi connectivity index (χ3n) is 4.31. The fourth-order valence-corrected chi connectivity index (χ4v) is 4.30. The zero-order chi connectivity index (χ0) is 13.3. The van der Waals surface area contributed by atoms with Crippen molar-refractivity contribution in [2.75, 3.05) is 13.7 Å². The third kappa shape index (κ3) is 2.71. The highest BCUT2D eigenvalue weighted by molar-refractivity contribution is 7.11. The van der Waals surface area contributed by atoms with Crippen LogP contribution in [0.1, 0.15) is 54.6 Å². The summed E-state index contributed by atoms with van der Waals surface area (Å²) in [6.07, 6.45) is 8.67. The average molecular weight is 280 g/mol. The van der Waals surface area contributed by atoms with Crippen molar-refractivity contribution in [2.45, 2.75) is 63.5 Å². The van der Waals surface area contributed by atoms with E-state index in [2.05, 4.69) is 12.2 Å². The number of methoxy groups -OCH3 is 1. The van der Waals surface area contributed by atoms with Crippen molar-refractivity contribution in [1.82, 2.24) is 10.3 Å². The molecule has 1 heterocycles. The van der Waals surface area contributed by atoms with E-state index >= 15 is 0 Å². The van der Waals surface area contributed by atoms with Crippen LogP contribution in [-0.4, -0.2) is 24.7 Å². The van der Waals surface area contributed by atoms with Crippen molar-refractivity contribution in [1.29, 1.82) is 0 Å². The maximum Gasteiger partial charge on any atom is 0.116 e. The Morgan fingerprint density at radius 1 is 1.37 bits per heavy atom. The van der Waals surface area contributed by atoms with Gasteiger partial charge in [-0.2, -0.15) is 0 Å². The van der Waals surface area contributed by atoms with Crippen LogP contribution >= 0.6 is 11.3 Å². The van der Waals surface area contributed by atoms with E-state index in [9.17, 15) is 0 Å². The van der Waals surface area contributed by atoms with Crippen LogP contribution in [0.5, 0.6) is 0 Å². The molecular formula is C15H24N2OS. The molecule has 0 amide bonds. The SMILES string of the molecule is CCC(COC)(NC1CC1)c1nc2c(s1)CCCC2. The van der Waals surface area contributed by atoms with Gasteiger partial charge in [0, 0.05) is 18.0 Å². The minimum Gasteiger partial charge on any atom is -0.382 e. The molecule has 3 rings (SSSR count). The quantitative estimate of drug-likeness (QED) is 0.869. The first-order valence-corrected chi connectivity index (χ1v) is 8.35. The van der Waals surface area contributed by atoms with E-state index in [1.165, 1.54) is 54.1 Å². The van der Waals surface area contributed by atoms with Crippen LogP contribution in [0.4, 0.5) is 0 Å². The molecule has 106 valence electrons. The van der Waals surface area contributed by atoms with Gasteiger partial charge >= 0.3 is 0 Å². The molecule has 2 aliphatic rings. The Labute approximate surface area is 119 Å². The van der Waals surface area contributed by atoms with Crippen molar-refractivity contribution in [3.63, 3.8) is 0 Å². The number of nitrogens with zero attached hydrogens (tertiary/aromatic N) is 1. The van der Waals surface area contributed by atoms with Crippen molar-refractivity contribution in [2.24, 2.45) is 0 Å². The zero-order valence-corrected chi connectivity index (χ0v) is 12.8. The van der Waals surface area contributed by atoms with E-state index in [0.717, 1.165) is 13.0 Å². The number of hydrogen-bond acceptors (Lipinski definition) is 4. The van der Waals surface area contributed by atoms with E-state index in [1.807, 2.05) is 11.3 Å². The van der Waals surface area contributed by atoms with Crippen LogP contribution in [0.2, 0.25) is 0 Å². The zero-order valence-electron chi connectivity index (χ0n) is 12.0. The maximum atomic E-state index is 5.52. The van der Waals surface area contributed by atoms with Crippen LogP contribution in [0.25, 0.3) is 0 Å². The second kappa shape index (κ2) is 5.51. The fourth-order valence-electron chi connectivity index (χ4n) is 2.94. The highest BCUT2D eigenvalue weighted by Gasteiger charge is 2.39. The van der Waals surface area contributed by atoms with Gasteiger partial charge in [-0.1, -0.05) is 6.92 Å². The van der Waals surface area contributed by atoms with E-state index in [4.69, 9.17) is 9.72 Å². The molecule has 0 saturated heterocycles. The number of fused-ring (bicyclic) bond motifs is 1. The number of nitrogens with one attached hydrogen (secondary N) is 1. The molecule has 1 unspecified atom stereocenters. The lowest BCUT2D eigenvalue weighted by molar-refractivity contribution is 0.103. The first-order valence-electron chi connectivity index (χ1n) is 7.53. The molecule has 1 aromatic rings. The highest BCUT2D eigenvalue weighted by atomic mass is 32.1. The molecule has 0 radical (unpaired) electrons. The van der Waals surface area contributed by atoms with Crippen LogP contribution < -0.4 is 5.32 Å². The van der Waals surface area contributed by atoms with Crippen LogP contribution in [0.15, 0.2) is 0 Å². The lowest BCUT2D eigenvalue weighted by Crippen LogP contribution is -2.46. The van der Waals surface area contributed by atoms with Crippen molar-refractivity contribution in [3.05, 3.63) is 15.6 Å². The molecule has 1 N–H and O–H groups in total. The Morgan fingerprint density at radius 2 is 2.16 bits per heavy atom. The lowest BCUT2D eigenvalue weighted by atomic mass is 9.97. The summed E-state index contributed by atoms with van der Waals surface area (Å²) in [6, 6.07) is 0.677. The second-order valence-electron chi connectivity index (χ2n) is 5.88. The first kappa shape index (κ1) is 13.5. The number of ether oxygens (including phenoxy) is 1. The minimum absolute atomic E-state index is 0.0576. The molecular weight excluding hydrogens is 256 g/mol. The van der Waals surface area contributed by atoms with Crippen molar-refractivity contribution >= 4 is 11.3 Å². The van der Waals surface area contributed by atoms with Gasteiger partial charge in [0.15, 0.2) is 0 Å². The van der Waals surface area contributed by atoms with Crippen molar-refractivity contribution < 1.29 is 4.74 Å². The molecule has 1 atom stereocenters. The Balaban J connectivity index is 1.90. The summed E-state index contributed by atoms with van der Waals surface area (Å²) in [7, 11) is 1.80. The maximum absolute atomic E-state index is 5.52. The lowest BCUT2D eigenvalue weighted by Gasteiger charge is -2.31. The molecule has 2 aliphatic carbocycles. The second-order valence-corrected chi connectivity index (χ2v) is 6.97. The molecule has 19 heavy (non-hydrogen) atoms. The molecule has 0 aromatic carbocycles. The van der Waals surface area contributed by atoms with Crippen LogP contribution in [0, 0.1) is 0 Å².